The van der Waals surface area contributed by atoms with Gasteiger partial charge < -0.3 is 23.4 Å². The van der Waals surface area contributed by atoms with Crippen LogP contribution in [0.15, 0.2) is 54.8 Å². The van der Waals surface area contributed by atoms with Gasteiger partial charge in [-0.2, -0.15) is 0 Å². The fraction of sp³-hybridized carbons (Fsp3) is 0.583. The lowest BCUT2D eigenvalue weighted by Gasteiger charge is -2.52. The summed E-state index contributed by atoms with van der Waals surface area (Å²) in [6.07, 6.45) is 3.20. The van der Waals surface area contributed by atoms with Crippen molar-refractivity contribution in [3.63, 3.8) is 0 Å². The Kier molecular flexibility index (Phi) is 5.98. The van der Waals surface area contributed by atoms with Crippen LogP contribution < -0.4 is 0 Å². The minimum absolute atomic E-state index is 0.0697. The van der Waals surface area contributed by atoms with Crippen molar-refractivity contribution in [2.75, 3.05) is 6.61 Å². The SMILES string of the molecule is C=C1C=CC[C@@H]2O[C@@H]3CO[C@@H](c4ccccc4)O[C@H]3C(O[Si](C)(C)C(C)(C)C)[C@H]2O1. The van der Waals surface area contributed by atoms with Crippen molar-refractivity contribution in [2.45, 2.75) is 82.1 Å². The second-order valence-electron chi connectivity index (χ2n) is 9.92. The van der Waals surface area contributed by atoms with Crippen molar-refractivity contribution in [2.24, 2.45) is 0 Å². The summed E-state index contributed by atoms with van der Waals surface area (Å²) in [4.78, 5) is 0. The molecule has 1 aromatic rings. The highest BCUT2D eigenvalue weighted by Gasteiger charge is 2.54. The van der Waals surface area contributed by atoms with Crippen molar-refractivity contribution in [1.82, 2.24) is 0 Å². The van der Waals surface area contributed by atoms with Crippen molar-refractivity contribution in [3.05, 3.63) is 60.4 Å². The van der Waals surface area contributed by atoms with Gasteiger partial charge in [-0.25, -0.2) is 0 Å². The smallest absolute Gasteiger partial charge is 0.192 e. The monoisotopic (exact) mass is 430 g/mol. The van der Waals surface area contributed by atoms with Crippen LogP contribution in [0.4, 0.5) is 0 Å². The average molecular weight is 431 g/mol. The van der Waals surface area contributed by atoms with Gasteiger partial charge in [-0.05, 0) is 30.6 Å². The first kappa shape index (κ1) is 21.8. The van der Waals surface area contributed by atoms with Crippen molar-refractivity contribution in [3.8, 4) is 0 Å². The highest BCUT2D eigenvalue weighted by Crippen LogP contribution is 2.43. The Morgan fingerprint density at radius 2 is 1.77 bits per heavy atom. The normalized spacial score (nSPS) is 34.5. The molecule has 4 rings (SSSR count). The minimum Gasteiger partial charge on any atom is -0.486 e. The lowest BCUT2D eigenvalue weighted by molar-refractivity contribution is -0.326. The Bertz CT molecular complexity index is 785. The van der Waals surface area contributed by atoms with Crippen molar-refractivity contribution in [1.29, 1.82) is 0 Å². The number of fused-ring (bicyclic) bond motifs is 2. The molecule has 5 nitrogen and oxygen atoms in total. The lowest BCUT2D eigenvalue weighted by atomic mass is 9.92. The fourth-order valence-electron chi connectivity index (χ4n) is 3.97. The van der Waals surface area contributed by atoms with Crippen LogP contribution in [-0.2, 0) is 23.4 Å². The van der Waals surface area contributed by atoms with Gasteiger partial charge in [0.2, 0.25) is 0 Å². The van der Waals surface area contributed by atoms with E-state index in [-0.39, 0.29) is 35.6 Å². The molecule has 0 spiro atoms. The minimum atomic E-state index is -2.09. The van der Waals surface area contributed by atoms with Crippen LogP contribution in [-0.4, -0.2) is 45.4 Å². The van der Waals surface area contributed by atoms with E-state index in [4.69, 9.17) is 23.4 Å². The van der Waals surface area contributed by atoms with Gasteiger partial charge in [0, 0.05) is 5.56 Å². The zero-order valence-corrected chi connectivity index (χ0v) is 19.7. The van der Waals surface area contributed by atoms with Gasteiger partial charge in [-0.3, -0.25) is 0 Å². The van der Waals surface area contributed by atoms with Gasteiger partial charge in [-0.15, -0.1) is 0 Å². The van der Waals surface area contributed by atoms with E-state index in [2.05, 4.69) is 46.5 Å². The molecule has 3 aliphatic rings. The van der Waals surface area contributed by atoms with Gasteiger partial charge in [0.25, 0.3) is 0 Å². The third-order valence-electron chi connectivity index (χ3n) is 6.69. The molecule has 3 aliphatic heterocycles. The van der Waals surface area contributed by atoms with E-state index in [9.17, 15) is 0 Å². The predicted octanol–water partition coefficient (Wildman–Crippen LogP) is 5.12. The molecule has 2 saturated heterocycles. The number of hydrogen-bond acceptors (Lipinski definition) is 5. The topological polar surface area (TPSA) is 46.2 Å². The van der Waals surface area contributed by atoms with Gasteiger partial charge in [0.15, 0.2) is 20.7 Å². The molecular formula is C24H34O5Si. The second kappa shape index (κ2) is 8.24. The quantitative estimate of drug-likeness (QED) is 0.623. The van der Waals surface area contributed by atoms with E-state index in [1.54, 1.807) is 0 Å². The summed E-state index contributed by atoms with van der Waals surface area (Å²) in [6.45, 7) is 15.8. The third kappa shape index (κ3) is 4.29. The Hall–Kier alpha value is -1.44. The molecule has 30 heavy (non-hydrogen) atoms. The van der Waals surface area contributed by atoms with Gasteiger partial charge in [0.05, 0.1) is 6.61 Å². The number of ether oxygens (including phenoxy) is 4. The molecule has 0 amide bonds. The van der Waals surface area contributed by atoms with E-state index in [1.165, 1.54) is 0 Å². The van der Waals surface area contributed by atoms with Crippen molar-refractivity contribution < 1.29 is 23.4 Å². The first-order valence-corrected chi connectivity index (χ1v) is 13.7. The van der Waals surface area contributed by atoms with Crippen LogP contribution in [0.3, 0.4) is 0 Å². The van der Waals surface area contributed by atoms with Crippen molar-refractivity contribution >= 4 is 8.32 Å². The van der Waals surface area contributed by atoms with Gasteiger partial charge in [0.1, 0.15) is 30.2 Å². The Morgan fingerprint density at radius 1 is 1.03 bits per heavy atom. The van der Waals surface area contributed by atoms with Crippen LogP contribution in [0.5, 0.6) is 0 Å². The molecule has 3 heterocycles. The van der Waals surface area contributed by atoms with Crippen LogP contribution in [0.1, 0.15) is 39.0 Å². The summed E-state index contributed by atoms with van der Waals surface area (Å²) >= 11 is 0. The standard InChI is InChI=1S/C24H34O5Si/c1-16-11-10-14-18-20(26-16)22(29-30(5,6)24(2,3)4)21-19(27-18)15-25-23(28-21)17-12-8-7-9-13-17/h7-13,18-23H,1,14-15H2,2-6H3/t18-,19+,20-,21+,22?,23+/m0/s1. The maximum Gasteiger partial charge on any atom is 0.192 e. The summed E-state index contributed by atoms with van der Waals surface area (Å²) < 4.78 is 32.1. The Balaban J connectivity index is 1.65. The Labute approximate surface area is 181 Å². The maximum absolute atomic E-state index is 6.95. The second-order valence-corrected chi connectivity index (χ2v) is 14.7. The zero-order chi connectivity index (χ0) is 21.5. The number of allylic oxidation sites excluding steroid dienone is 1. The number of benzene rings is 1. The Morgan fingerprint density at radius 3 is 2.47 bits per heavy atom. The molecule has 2 fully saturated rings. The summed E-state index contributed by atoms with van der Waals surface area (Å²) in [6, 6.07) is 10.0. The van der Waals surface area contributed by atoms with E-state index in [0.717, 1.165) is 12.0 Å². The molecule has 164 valence electrons. The highest BCUT2D eigenvalue weighted by molar-refractivity contribution is 6.74. The summed E-state index contributed by atoms with van der Waals surface area (Å²) in [7, 11) is -2.09. The predicted molar refractivity (Wildman–Crippen MR) is 119 cm³/mol. The van der Waals surface area contributed by atoms with E-state index < -0.39 is 14.6 Å². The molecule has 0 saturated carbocycles. The molecule has 1 aromatic carbocycles. The van der Waals surface area contributed by atoms with Crippen LogP contribution in [0, 0.1) is 0 Å². The fourth-order valence-corrected chi connectivity index (χ4v) is 5.27. The molecule has 0 aliphatic carbocycles. The molecule has 6 atom stereocenters. The van der Waals surface area contributed by atoms with Gasteiger partial charge in [-0.1, -0.05) is 63.8 Å². The third-order valence-corrected chi connectivity index (χ3v) is 11.2. The molecule has 0 bridgehead atoms. The van der Waals surface area contributed by atoms with Crippen LogP contribution >= 0.6 is 0 Å². The van der Waals surface area contributed by atoms with Gasteiger partial charge >= 0.3 is 0 Å². The molecule has 0 radical (unpaired) electrons. The molecule has 0 N–H and O–H groups in total. The summed E-state index contributed by atoms with van der Waals surface area (Å²) in [5.41, 5.74) is 0.997. The molecule has 1 unspecified atom stereocenters. The van der Waals surface area contributed by atoms with E-state index >= 15 is 0 Å². The summed E-state index contributed by atoms with van der Waals surface area (Å²) in [5.74, 6) is 0.639. The molecule has 6 heteroatoms. The molecular weight excluding hydrogens is 396 g/mol. The zero-order valence-electron chi connectivity index (χ0n) is 18.7. The first-order chi connectivity index (χ1) is 14.2. The van der Waals surface area contributed by atoms with E-state index in [0.29, 0.717) is 12.4 Å². The first-order valence-electron chi connectivity index (χ1n) is 10.8. The number of rotatable bonds is 3. The van der Waals surface area contributed by atoms with Crippen LogP contribution in [0.25, 0.3) is 0 Å². The summed E-state index contributed by atoms with van der Waals surface area (Å²) in [5, 5.41) is 0.0697. The lowest BCUT2D eigenvalue weighted by Crippen LogP contribution is -2.65. The van der Waals surface area contributed by atoms with Crippen LogP contribution in [0.2, 0.25) is 18.1 Å². The number of hydrogen-bond donors (Lipinski definition) is 0. The molecule has 0 aromatic heterocycles. The maximum atomic E-state index is 6.95. The average Bonchev–Trinajstić information content (AvgIpc) is 2.88. The highest BCUT2D eigenvalue weighted by atomic mass is 28.4. The van der Waals surface area contributed by atoms with E-state index in [1.807, 2.05) is 36.4 Å². The largest absolute Gasteiger partial charge is 0.486 e.